The van der Waals surface area contributed by atoms with Gasteiger partial charge in [-0.3, -0.25) is 4.79 Å². The normalized spacial score (nSPS) is 10.2. The molecule has 4 heteroatoms. The highest BCUT2D eigenvalue weighted by atomic mass is 16.5. The first kappa shape index (κ1) is 16.9. The average molecular weight is 312 g/mol. The summed E-state index contributed by atoms with van der Waals surface area (Å²) >= 11 is 0. The number of hydrogen-bond acceptors (Lipinski definition) is 3. The summed E-state index contributed by atoms with van der Waals surface area (Å²) in [4.78, 5) is 14.0. The van der Waals surface area contributed by atoms with Crippen molar-refractivity contribution < 1.29 is 9.53 Å². The highest BCUT2D eigenvalue weighted by Crippen LogP contribution is 2.17. The number of amides is 1. The first-order valence-corrected chi connectivity index (χ1v) is 7.87. The van der Waals surface area contributed by atoms with Crippen molar-refractivity contribution in [3.8, 4) is 5.75 Å². The van der Waals surface area contributed by atoms with E-state index in [4.69, 9.17) is 4.74 Å². The van der Waals surface area contributed by atoms with Gasteiger partial charge in [0.15, 0.2) is 0 Å². The quantitative estimate of drug-likeness (QED) is 0.847. The molecule has 4 nitrogen and oxygen atoms in total. The fourth-order valence-corrected chi connectivity index (χ4v) is 2.17. The minimum absolute atomic E-state index is 0.0499. The number of benzene rings is 2. The number of carbonyl (C=O) groups excluding carboxylic acids is 1. The van der Waals surface area contributed by atoms with E-state index in [2.05, 4.69) is 12.2 Å². The van der Waals surface area contributed by atoms with Crippen LogP contribution in [0.3, 0.4) is 0 Å². The van der Waals surface area contributed by atoms with Crippen molar-refractivity contribution in [2.45, 2.75) is 19.8 Å². The van der Waals surface area contributed by atoms with E-state index in [0.717, 1.165) is 23.5 Å². The van der Waals surface area contributed by atoms with Gasteiger partial charge in [-0.1, -0.05) is 25.1 Å². The number of rotatable bonds is 7. The molecule has 0 atom stereocenters. The van der Waals surface area contributed by atoms with E-state index in [0.29, 0.717) is 13.0 Å². The Balaban J connectivity index is 1.79. The Morgan fingerprint density at radius 3 is 2.52 bits per heavy atom. The van der Waals surface area contributed by atoms with Gasteiger partial charge < -0.3 is 15.0 Å². The Hall–Kier alpha value is -2.49. The number of nitrogens with zero attached hydrogens (tertiary/aromatic N) is 1. The van der Waals surface area contributed by atoms with Crippen LogP contribution in [0.1, 0.15) is 18.9 Å². The van der Waals surface area contributed by atoms with Crippen LogP contribution in [0.4, 0.5) is 11.4 Å². The van der Waals surface area contributed by atoms with Gasteiger partial charge in [-0.05, 0) is 42.3 Å². The minimum atomic E-state index is -0.0499. The summed E-state index contributed by atoms with van der Waals surface area (Å²) in [6, 6.07) is 15.7. The van der Waals surface area contributed by atoms with Gasteiger partial charge in [-0.2, -0.15) is 0 Å². The SMILES string of the molecule is CCc1ccc(OCCC(=O)Nc2cccc(N(C)C)c2)cc1. The molecule has 0 unspecified atom stereocenters. The molecule has 0 bridgehead atoms. The largest absolute Gasteiger partial charge is 0.493 e. The Labute approximate surface area is 138 Å². The molecule has 0 aromatic heterocycles. The zero-order chi connectivity index (χ0) is 16.7. The van der Waals surface area contributed by atoms with Crippen molar-refractivity contribution in [1.82, 2.24) is 0 Å². The second kappa shape index (κ2) is 8.22. The van der Waals surface area contributed by atoms with Gasteiger partial charge in [0.1, 0.15) is 5.75 Å². The molecular formula is C19H24N2O2. The van der Waals surface area contributed by atoms with Gasteiger partial charge >= 0.3 is 0 Å². The van der Waals surface area contributed by atoms with E-state index in [1.807, 2.05) is 67.5 Å². The topological polar surface area (TPSA) is 41.6 Å². The zero-order valence-electron chi connectivity index (χ0n) is 14.0. The molecule has 1 amide bonds. The average Bonchev–Trinajstić information content (AvgIpc) is 2.55. The number of aryl methyl sites for hydroxylation is 1. The van der Waals surface area contributed by atoms with Crippen LogP contribution in [0.5, 0.6) is 5.75 Å². The van der Waals surface area contributed by atoms with E-state index in [1.165, 1.54) is 5.56 Å². The van der Waals surface area contributed by atoms with E-state index < -0.39 is 0 Å². The second-order valence-corrected chi connectivity index (χ2v) is 5.59. The number of nitrogens with one attached hydrogen (secondary N) is 1. The highest BCUT2D eigenvalue weighted by molar-refractivity contribution is 5.91. The molecule has 0 saturated heterocycles. The second-order valence-electron chi connectivity index (χ2n) is 5.59. The molecule has 0 fully saturated rings. The predicted octanol–water partition coefficient (Wildman–Crippen LogP) is 3.72. The van der Waals surface area contributed by atoms with Crippen molar-refractivity contribution in [3.63, 3.8) is 0 Å². The summed E-state index contributed by atoms with van der Waals surface area (Å²) in [5.74, 6) is 0.746. The van der Waals surface area contributed by atoms with Gasteiger partial charge in [-0.15, -0.1) is 0 Å². The van der Waals surface area contributed by atoms with Crippen LogP contribution in [-0.2, 0) is 11.2 Å². The first-order valence-electron chi connectivity index (χ1n) is 7.87. The van der Waals surface area contributed by atoms with Crippen LogP contribution >= 0.6 is 0 Å². The maximum atomic E-state index is 12.0. The number of hydrogen-bond donors (Lipinski definition) is 1. The third-order valence-corrected chi connectivity index (χ3v) is 3.58. The van der Waals surface area contributed by atoms with Gasteiger partial charge in [0.25, 0.3) is 0 Å². The minimum Gasteiger partial charge on any atom is -0.493 e. The van der Waals surface area contributed by atoms with Crippen LogP contribution in [0, 0.1) is 0 Å². The molecule has 0 spiro atoms. The molecule has 2 aromatic rings. The van der Waals surface area contributed by atoms with Crippen LogP contribution in [0.25, 0.3) is 0 Å². The third-order valence-electron chi connectivity index (χ3n) is 3.58. The van der Waals surface area contributed by atoms with Crippen molar-refractivity contribution in [2.24, 2.45) is 0 Å². The van der Waals surface area contributed by atoms with Crippen molar-refractivity contribution in [2.75, 3.05) is 30.9 Å². The molecule has 0 aliphatic heterocycles. The fourth-order valence-electron chi connectivity index (χ4n) is 2.17. The Morgan fingerprint density at radius 2 is 1.87 bits per heavy atom. The summed E-state index contributed by atoms with van der Waals surface area (Å²) in [5.41, 5.74) is 3.12. The lowest BCUT2D eigenvalue weighted by Gasteiger charge is -2.14. The summed E-state index contributed by atoms with van der Waals surface area (Å²) < 4.78 is 5.61. The molecular weight excluding hydrogens is 288 g/mol. The van der Waals surface area contributed by atoms with Gasteiger partial charge in [-0.25, -0.2) is 0 Å². The van der Waals surface area contributed by atoms with Crippen LogP contribution < -0.4 is 15.0 Å². The maximum absolute atomic E-state index is 12.0. The Kier molecular flexibility index (Phi) is 6.03. The Morgan fingerprint density at radius 1 is 1.13 bits per heavy atom. The standard InChI is InChI=1S/C19H24N2O2/c1-4-15-8-10-18(11-9-15)23-13-12-19(22)20-16-6-5-7-17(14-16)21(2)3/h5-11,14H,4,12-13H2,1-3H3,(H,20,22). The zero-order valence-corrected chi connectivity index (χ0v) is 14.0. The summed E-state index contributed by atoms with van der Waals surface area (Å²) in [6.45, 7) is 2.48. The lowest BCUT2D eigenvalue weighted by Crippen LogP contribution is -2.16. The van der Waals surface area contributed by atoms with E-state index in [9.17, 15) is 4.79 Å². The fraction of sp³-hybridized carbons (Fsp3) is 0.316. The first-order chi connectivity index (χ1) is 11.1. The maximum Gasteiger partial charge on any atom is 0.227 e. The van der Waals surface area contributed by atoms with Gasteiger partial charge in [0, 0.05) is 25.5 Å². The summed E-state index contributed by atoms with van der Waals surface area (Å²) in [5, 5.41) is 2.90. The molecule has 0 aliphatic carbocycles. The Bertz CT molecular complexity index is 636. The predicted molar refractivity (Wildman–Crippen MR) is 95.3 cm³/mol. The highest BCUT2D eigenvalue weighted by Gasteiger charge is 2.04. The number of anilines is 2. The molecule has 1 N–H and O–H groups in total. The lowest BCUT2D eigenvalue weighted by molar-refractivity contribution is -0.116. The van der Waals surface area contributed by atoms with Crippen molar-refractivity contribution in [3.05, 3.63) is 54.1 Å². The molecule has 0 saturated carbocycles. The molecule has 0 radical (unpaired) electrons. The van der Waals surface area contributed by atoms with Gasteiger partial charge in [0.05, 0.1) is 13.0 Å². The van der Waals surface area contributed by atoms with Crippen LogP contribution in [0.2, 0.25) is 0 Å². The summed E-state index contributed by atoms with van der Waals surface area (Å²) in [6.07, 6.45) is 1.33. The molecule has 2 rings (SSSR count). The van der Waals surface area contributed by atoms with Crippen molar-refractivity contribution in [1.29, 1.82) is 0 Å². The van der Waals surface area contributed by atoms with E-state index in [1.54, 1.807) is 0 Å². The monoisotopic (exact) mass is 312 g/mol. The lowest BCUT2D eigenvalue weighted by atomic mass is 10.2. The van der Waals surface area contributed by atoms with E-state index in [-0.39, 0.29) is 5.91 Å². The number of carbonyl (C=O) groups is 1. The third kappa shape index (κ3) is 5.33. The van der Waals surface area contributed by atoms with Gasteiger partial charge in [0.2, 0.25) is 5.91 Å². The molecule has 0 aliphatic rings. The molecule has 23 heavy (non-hydrogen) atoms. The van der Waals surface area contributed by atoms with E-state index >= 15 is 0 Å². The smallest absolute Gasteiger partial charge is 0.227 e. The molecule has 122 valence electrons. The van der Waals surface area contributed by atoms with Crippen molar-refractivity contribution >= 4 is 17.3 Å². The molecule has 2 aromatic carbocycles. The number of ether oxygens (including phenoxy) is 1. The van der Waals surface area contributed by atoms with Crippen LogP contribution in [-0.4, -0.2) is 26.6 Å². The van der Waals surface area contributed by atoms with Crippen LogP contribution in [0.15, 0.2) is 48.5 Å². The molecule has 0 heterocycles. The summed E-state index contributed by atoms with van der Waals surface area (Å²) in [7, 11) is 3.94.